The van der Waals surface area contributed by atoms with Crippen LogP contribution in [0.15, 0.2) is 72.1 Å². The number of nitro groups is 2. The number of aryl methyl sites for hydroxylation is 1. The molecule has 11 heteroatoms. The van der Waals surface area contributed by atoms with Crippen molar-refractivity contribution < 1.29 is 14.4 Å². The number of pyridine rings is 1. The van der Waals surface area contributed by atoms with Gasteiger partial charge >= 0.3 is 5.69 Å². The number of anilines is 1. The minimum absolute atomic E-state index is 0. The minimum atomic E-state index is -0.693. The number of nitro benzene ring substituents is 2. The average molecular weight is 508 g/mol. The molecule has 31 heavy (non-hydrogen) atoms. The Bertz CT molecular complexity index is 1120. The van der Waals surface area contributed by atoms with E-state index in [9.17, 15) is 20.2 Å². The van der Waals surface area contributed by atoms with Gasteiger partial charge in [-0.2, -0.15) is 9.67 Å². The van der Waals surface area contributed by atoms with Crippen LogP contribution in [-0.2, 0) is 6.54 Å². The Labute approximate surface area is 193 Å². The summed E-state index contributed by atoms with van der Waals surface area (Å²) in [7, 11) is 0. The second-order valence-electron chi connectivity index (χ2n) is 6.44. The summed E-state index contributed by atoms with van der Waals surface area (Å²) < 4.78 is 1.91. The summed E-state index contributed by atoms with van der Waals surface area (Å²) in [5.41, 5.74) is 4.39. The van der Waals surface area contributed by atoms with E-state index in [1.165, 1.54) is 12.1 Å². The predicted octanol–water partition coefficient (Wildman–Crippen LogP) is 4.85. The van der Waals surface area contributed by atoms with E-state index in [2.05, 4.69) is 10.5 Å². The fourth-order valence-electron chi connectivity index (χ4n) is 2.65. The maximum absolute atomic E-state index is 11.3. The van der Waals surface area contributed by atoms with Crippen LogP contribution in [-0.4, -0.2) is 15.6 Å². The van der Waals surface area contributed by atoms with Gasteiger partial charge in [-0.05, 0) is 30.7 Å². The van der Waals surface area contributed by atoms with Crippen molar-refractivity contribution in [2.45, 2.75) is 13.5 Å². The minimum Gasteiger partial charge on any atom is -0.271 e. The van der Waals surface area contributed by atoms with E-state index in [4.69, 9.17) is 11.6 Å². The molecule has 1 N–H and O–H groups in total. The van der Waals surface area contributed by atoms with Crippen LogP contribution in [0.2, 0.25) is 5.02 Å². The van der Waals surface area contributed by atoms with Crippen molar-refractivity contribution >= 4 is 51.4 Å². The summed E-state index contributed by atoms with van der Waals surface area (Å²) >= 11 is 5.97. The highest BCUT2D eigenvalue weighted by atomic mass is 79.9. The number of nitrogens with zero attached hydrogens (tertiary/aromatic N) is 4. The Balaban J connectivity index is 0.00000341. The molecule has 160 valence electrons. The predicted molar refractivity (Wildman–Crippen MR) is 123 cm³/mol. The molecule has 0 saturated carbocycles. The molecule has 0 aliphatic carbocycles. The van der Waals surface area contributed by atoms with Crippen molar-refractivity contribution in [2.75, 3.05) is 5.43 Å². The smallest absolute Gasteiger partial charge is 0.271 e. The fraction of sp³-hybridized carbons (Fsp3) is 0.100. The van der Waals surface area contributed by atoms with Gasteiger partial charge in [0.05, 0.1) is 15.9 Å². The van der Waals surface area contributed by atoms with E-state index in [-0.39, 0.29) is 28.4 Å². The number of non-ortho nitro benzene ring substituents is 1. The topological polar surface area (TPSA) is 115 Å². The molecule has 1 heterocycles. The summed E-state index contributed by atoms with van der Waals surface area (Å²) in [4.78, 5) is 20.9. The molecule has 0 saturated heterocycles. The summed E-state index contributed by atoms with van der Waals surface area (Å²) in [5, 5.41) is 27.2. The van der Waals surface area contributed by atoms with Gasteiger partial charge in [-0.25, -0.2) is 0 Å². The van der Waals surface area contributed by atoms with Crippen LogP contribution in [0.3, 0.4) is 0 Å². The quantitative estimate of drug-likeness (QED) is 0.212. The molecule has 0 aliphatic heterocycles. The van der Waals surface area contributed by atoms with Gasteiger partial charge in [-0.15, -0.1) is 17.0 Å². The van der Waals surface area contributed by atoms with Crippen molar-refractivity contribution in [1.82, 2.24) is 0 Å². The largest absolute Gasteiger partial charge is 0.301 e. The fourth-order valence-corrected chi connectivity index (χ4v) is 2.78. The molecule has 0 unspecified atom stereocenters. The van der Waals surface area contributed by atoms with Gasteiger partial charge in [0.25, 0.3) is 5.69 Å². The lowest BCUT2D eigenvalue weighted by Crippen LogP contribution is -2.37. The standard InChI is InChI=1S/C20H17ClN5O4.BrH/c1-14-8-10-24(11-9-14)13-19(15-2-4-16(21)5-3-15)23-22-18-7-6-17(25(27)28)12-20(18)26(29)30;/h2-12,22H,13H2,1H3;1H/q+1;/b23-19-;. The summed E-state index contributed by atoms with van der Waals surface area (Å²) in [6.07, 6.45) is 3.80. The molecular formula is C20H18BrClN5O4+. The summed E-state index contributed by atoms with van der Waals surface area (Å²) in [6.45, 7) is 2.36. The Kier molecular flexibility index (Phi) is 8.17. The number of halogens is 2. The third-order valence-electron chi connectivity index (χ3n) is 4.27. The number of aromatic nitrogens is 1. The molecule has 1 aromatic heterocycles. The molecule has 0 atom stereocenters. The van der Waals surface area contributed by atoms with Crippen molar-refractivity contribution in [3.8, 4) is 0 Å². The molecular weight excluding hydrogens is 490 g/mol. The molecule has 0 spiro atoms. The summed E-state index contributed by atoms with van der Waals surface area (Å²) in [5.74, 6) is 0. The molecule has 0 radical (unpaired) electrons. The maximum atomic E-state index is 11.3. The van der Waals surface area contributed by atoms with E-state index in [1.807, 2.05) is 36.0 Å². The zero-order valence-corrected chi connectivity index (χ0v) is 18.7. The van der Waals surface area contributed by atoms with Crippen molar-refractivity contribution in [2.24, 2.45) is 5.10 Å². The number of hydrogen-bond donors (Lipinski definition) is 1. The number of hydrazone groups is 1. The Morgan fingerprint density at radius 3 is 2.26 bits per heavy atom. The van der Waals surface area contributed by atoms with Crippen molar-refractivity contribution in [3.05, 3.63) is 103 Å². The van der Waals surface area contributed by atoms with Crippen LogP contribution in [0.1, 0.15) is 11.1 Å². The SMILES string of the molecule is Br.Cc1cc[n+](C/C(=N/Nc2ccc([N+](=O)[O-])cc2[N+](=O)[O-])c2ccc(Cl)cc2)cc1. The third-order valence-corrected chi connectivity index (χ3v) is 4.52. The first-order chi connectivity index (χ1) is 14.3. The zero-order chi connectivity index (χ0) is 21.7. The van der Waals surface area contributed by atoms with Gasteiger partial charge in [-0.3, -0.25) is 25.7 Å². The number of benzene rings is 2. The highest BCUT2D eigenvalue weighted by Crippen LogP contribution is 2.29. The highest BCUT2D eigenvalue weighted by Gasteiger charge is 2.20. The first-order valence-electron chi connectivity index (χ1n) is 8.80. The van der Waals surface area contributed by atoms with E-state index in [0.29, 0.717) is 17.3 Å². The Morgan fingerprint density at radius 1 is 1.03 bits per heavy atom. The van der Waals surface area contributed by atoms with Crippen LogP contribution in [0.25, 0.3) is 0 Å². The second-order valence-corrected chi connectivity index (χ2v) is 6.88. The Morgan fingerprint density at radius 2 is 1.68 bits per heavy atom. The molecule has 3 rings (SSSR count). The highest BCUT2D eigenvalue weighted by molar-refractivity contribution is 8.93. The number of rotatable bonds is 7. The van der Waals surface area contributed by atoms with E-state index in [1.54, 1.807) is 24.3 Å². The summed E-state index contributed by atoms with van der Waals surface area (Å²) in [6, 6.07) is 14.3. The van der Waals surface area contributed by atoms with Crippen LogP contribution < -0.4 is 9.99 Å². The average Bonchev–Trinajstić information content (AvgIpc) is 2.73. The van der Waals surface area contributed by atoms with Crippen LogP contribution in [0.4, 0.5) is 17.1 Å². The van der Waals surface area contributed by atoms with Crippen LogP contribution >= 0.6 is 28.6 Å². The van der Waals surface area contributed by atoms with Crippen LogP contribution in [0.5, 0.6) is 0 Å². The molecule has 2 aromatic carbocycles. The first-order valence-corrected chi connectivity index (χ1v) is 9.18. The maximum Gasteiger partial charge on any atom is 0.301 e. The van der Waals surface area contributed by atoms with Gasteiger partial charge < -0.3 is 0 Å². The normalized spacial score (nSPS) is 10.8. The molecule has 0 bridgehead atoms. The second kappa shape index (κ2) is 10.6. The lowest BCUT2D eigenvalue weighted by atomic mass is 10.1. The van der Waals surface area contributed by atoms with Gasteiger partial charge in [0.2, 0.25) is 0 Å². The van der Waals surface area contributed by atoms with E-state index >= 15 is 0 Å². The van der Waals surface area contributed by atoms with Crippen molar-refractivity contribution in [3.63, 3.8) is 0 Å². The van der Waals surface area contributed by atoms with Gasteiger partial charge in [0, 0.05) is 28.8 Å². The number of hydrogen-bond acceptors (Lipinski definition) is 6. The van der Waals surface area contributed by atoms with E-state index in [0.717, 1.165) is 17.2 Å². The molecule has 3 aromatic rings. The first kappa shape index (κ1) is 23.9. The Hall–Kier alpha value is -3.37. The molecule has 0 fully saturated rings. The lowest BCUT2D eigenvalue weighted by molar-refractivity contribution is -0.681. The lowest BCUT2D eigenvalue weighted by Gasteiger charge is -2.07. The number of nitrogens with one attached hydrogen (secondary N) is 1. The zero-order valence-electron chi connectivity index (χ0n) is 16.3. The monoisotopic (exact) mass is 506 g/mol. The molecule has 0 aliphatic rings. The third kappa shape index (κ3) is 6.30. The molecule has 9 nitrogen and oxygen atoms in total. The van der Waals surface area contributed by atoms with Crippen molar-refractivity contribution in [1.29, 1.82) is 0 Å². The van der Waals surface area contributed by atoms with Crippen LogP contribution in [0, 0.1) is 27.2 Å². The van der Waals surface area contributed by atoms with Gasteiger partial charge in [0.15, 0.2) is 18.9 Å². The van der Waals surface area contributed by atoms with Gasteiger partial charge in [-0.1, -0.05) is 23.7 Å². The molecule has 0 amide bonds. The van der Waals surface area contributed by atoms with Gasteiger partial charge in [0.1, 0.15) is 11.4 Å². The van der Waals surface area contributed by atoms with E-state index < -0.39 is 15.5 Å².